The number of benzene rings is 1. The Morgan fingerprint density at radius 1 is 1.41 bits per heavy atom. The maximum absolute atomic E-state index is 13.5. The van der Waals surface area contributed by atoms with Crippen LogP contribution >= 0.6 is 22.9 Å². The van der Waals surface area contributed by atoms with Gasteiger partial charge in [-0.3, -0.25) is 0 Å². The highest BCUT2D eigenvalue weighted by molar-refractivity contribution is 7.90. The van der Waals surface area contributed by atoms with Gasteiger partial charge in [0.1, 0.15) is 10.8 Å². The Bertz CT molecular complexity index is 1130. The van der Waals surface area contributed by atoms with Gasteiger partial charge in [-0.2, -0.15) is 0 Å². The van der Waals surface area contributed by atoms with Gasteiger partial charge in [0.25, 0.3) is 0 Å². The highest BCUT2D eigenvalue weighted by atomic mass is 35.5. The van der Waals surface area contributed by atoms with E-state index < -0.39 is 21.8 Å². The van der Waals surface area contributed by atoms with Crippen molar-refractivity contribution < 1.29 is 22.3 Å². The van der Waals surface area contributed by atoms with Crippen LogP contribution in [0, 0.1) is 5.82 Å². The van der Waals surface area contributed by atoms with Crippen LogP contribution in [0.4, 0.5) is 4.39 Å². The molecule has 0 unspecified atom stereocenters. The smallest absolute Gasteiger partial charge is 0.335 e. The summed E-state index contributed by atoms with van der Waals surface area (Å²) in [5.41, 5.74) is 1.62. The van der Waals surface area contributed by atoms with Crippen LogP contribution < -0.4 is 4.72 Å². The molecule has 0 bridgehead atoms. The zero-order valence-electron chi connectivity index (χ0n) is 17.4. The summed E-state index contributed by atoms with van der Waals surface area (Å²) in [5.74, 6) is -0.998. The summed E-state index contributed by atoms with van der Waals surface area (Å²) in [6, 6.07) is 3.65. The van der Waals surface area contributed by atoms with Crippen molar-refractivity contribution in [1.29, 1.82) is 0 Å². The van der Waals surface area contributed by atoms with Crippen LogP contribution in [-0.2, 0) is 32.5 Å². The number of thiazole rings is 1. The Hall–Kier alpha value is -2.01. The molecule has 1 aliphatic carbocycles. The fourth-order valence-corrected chi connectivity index (χ4v) is 6.26. The van der Waals surface area contributed by atoms with Crippen molar-refractivity contribution in [1.82, 2.24) is 14.6 Å². The van der Waals surface area contributed by atoms with Crippen molar-refractivity contribution in [3.05, 3.63) is 62.5 Å². The minimum Gasteiger partial charge on any atom is -0.466 e. The van der Waals surface area contributed by atoms with E-state index in [1.807, 2.05) is 10.3 Å². The van der Waals surface area contributed by atoms with Crippen molar-refractivity contribution in [2.75, 3.05) is 13.7 Å². The minimum absolute atomic E-state index is 0.136. The molecule has 0 spiro atoms. The summed E-state index contributed by atoms with van der Waals surface area (Å²) in [6.07, 6.45) is 3.51. The molecule has 2 fully saturated rings. The number of halogens is 2. The van der Waals surface area contributed by atoms with Gasteiger partial charge in [0.2, 0.25) is 10.0 Å². The highest BCUT2D eigenvalue weighted by Gasteiger charge is 2.40. The number of aromatic nitrogens is 1. The number of methoxy groups -OCH3 is 1. The zero-order chi connectivity index (χ0) is 22.9. The van der Waals surface area contributed by atoms with E-state index in [9.17, 15) is 17.6 Å². The molecular formula is C21H23ClFN3O4S2. The first-order valence-electron chi connectivity index (χ1n) is 10.2. The Morgan fingerprint density at radius 2 is 2.19 bits per heavy atom. The van der Waals surface area contributed by atoms with E-state index in [1.165, 1.54) is 36.6 Å². The van der Waals surface area contributed by atoms with Gasteiger partial charge in [-0.15, -0.1) is 11.3 Å². The molecule has 0 amide bonds. The molecule has 1 saturated carbocycles. The van der Waals surface area contributed by atoms with Crippen LogP contribution in [0.25, 0.3) is 0 Å². The molecule has 1 N–H and O–H groups in total. The van der Waals surface area contributed by atoms with Crippen molar-refractivity contribution in [3.63, 3.8) is 0 Å². The molecule has 1 aliphatic heterocycles. The van der Waals surface area contributed by atoms with E-state index in [2.05, 4.69) is 9.71 Å². The molecule has 2 aliphatic rings. The van der Waals surface area contributed by atoms with Gasteiger partial charge in [0.05, 0.1) is 24.5 Å². The number of sulfonamides is 1. The van der Waals surface area contributed by atoms with Crippen LogP contribution in [0.1, 0.15) is 29.8 Å². The van der Waals surface area contributed by atoms with Crippen LogP contribution in [0.5, 0.6) is 0 Å². The van der Waals surface area contributed by atoms with Gasteiger partial charge >= 0.3 is 5.97 Å². The first-order chi connectivity index (χ1) is 15.3. The fourth-order valence-electron chi connectivity index (χ4n) is 3.83. The van der Waals surface area contributed by atoms with E-state index >= 15 is 0 Å². The standard InChI is InChI=1S/C21H23ClFN3O4S2/c1-30-21(27)17(8-13-2-3-14(23)9-18(13)22)19-10-15(25-32(28,29)16-4-5-16)11-26(19)12-20-24-6-7-31-20/h2-3,6-7,9,15-16,25H,4-5,8,10-12H2,1H3/b19-17+/t15-/m0/s1. The second kappa shape index (κ2) is 9.46. The molecule has 1 atom stereocenters. The maximum atomic E-state index is 13.5. The monoisotopic (exact) mass is 499 g/mol. The van der Waals surface area contributed by atoms with Gasteiger partial charge in [-0.1, -0.05) is 17.7 Å². The average molecular weight is 500 g/mol. The number of nitrogens with one attached hydrogen (secondary N) is 1. The van der Waals surface area contributed by atoms with E-state index in [4.69, 9.17) is 16.3 Å². The predicted molar refractivity (Wildman–Crippen MR) is 120 cm³/mol. The van der Waals surface area contributed by atoms with Gasteiger partial charge in [0, 0.05) is 47.7 Å². The summed E-state index contributed by atoms with van der Waals surface area (Å²) in [5, 5.41) is 2.59. The molecule has 1 saturated heterocycles. The van der Waals surface area contributed by atoms with Gasteiger partial charge < -0.3 is 9.64 Å². The average Bonchev–Trinajstić information content (AvgIpc) is 3.38. The number of hydrogen-bond acceptors (Lipinski definition) is 7. The first-order valence-corrected chi connectivity index (χ1v) is 13.0. The summed E-state index contributed by atoms with van der Waals surface area (Å²) in [6.45, 7) is 0.838. The molecule has 172 valence electrons. The quantitative estimate of drug-likeness (QED) is 0.443. The van der Waals surface area contributed by atoms with Crippen LogP contribution in [0.2, 0.25) is 5.02 Å². The minimum atomic E-state index is -3.39. The van der Waals surface area contributed by atoms with Gasteiger partial charge in [-0.05, 0) is 30.5 Å². The normalized spacial score (nSPS) is 20.5. The van der Waals surface area contributed by atoms with E-state index in [0.717, 1.165) is 5.01 Å². The van der Waals surface area contributed by atoms with E-state index in [0.29, 0.717) is 49.2 Å². The molecule has 32 heavy (non-hydrogen) atoms. The lowest BCUT2D eigenvalue weighted by molar-refractivity contribution is -0.136. The van der Waals surface area contributed by atoms with Crippen LogP contribution in [0.15, 0.2) is 41.0 Å². The van der Waals surface area contributed by atoms with E-state index in [1.54, 1.807) is 6.20 Å². The maximum Gasteiger partial charge on any atom is 0.335 e. The topological polar surface area (TPSA) is 88.6 Å². The third-order valence-corrected chi connectivity index (χ3v) is 8.66. The molecule has 1 aromatic carbocycles. The third kappa shape index (κ3) is 5.31. The molecule has 11 heteroatoms. The highest BCUT2D eigenvalue weighted by Crippen LogP contribution is 2.33. The number of nitrogens with zero attached hydrogens (tertiary/aromatic N) is 2. The third-order valence-electron chi connectivity index (χ3n) is 5.53. The van der Waals surface area contributed by atoms with Crippen molar-refractivity contribution >= 4 is 38.9 Å². The summed E-state index contributed by atoms with van der Waals surface area (Å²) >= 11 is 7.69. The van der Waals surface area contributed by atoms with Gasteiger partial charge in [-0.25, -0.2) is 27.3 Å². The van der Waals surface area contributed by atoms with Crippen molar-refractivity contribution in [3.8, 4) is 0 Å². The lowest BCUT2D eigenvalue weighted by Crippen LogP contribution is -2.38. The fraction of sp³-hybridized carbons (Fsp3) is 0.429. The molecule has 7 nitrogen and oxygen atoms in total. The zero-order valence-corrected chi connectivity index (χ0v) is 19.8. The number of rotatable bonds is 8. The van der Waals surface area contributed by atoms with Crippen molar-refractivity contribution in [2.24, 2.45) is 0 Å². The lowest BCUT2D eigenvalue weighted by Gasteiger charge is -2.22. The second-order valence-electron chi connectivity index (χ2n) is 7.90. The SMILES string of the molecule is COC(=O)/C(Cc1ccc(F)cc1Cl)=C1\C[C@H](NS(=O)(=O)C2CC2)CN1Cc1nccs1. The largest absolute Gasteiger partial charge is 0.466 e. The Morgan fingerprint density at radius 3 is 2.81 bits per heavy atom. The molecule has 1 aromatic heterocycles. The van der Waals surface area contributed by atoms with Gasteiger partial charge in [0.15, 0.2) is 0 Å². The summed E-state index contributed by atoms with van der Waals surface area (Å²) < 4.78 is 46.3. The number of carbonyl (C=O) groups is 1. The van der Waals surface area contributed by atoms with Crippen LogP contribution in [0.3, 0.4) is 0 Å². The van der Waals surface area contributed by atoms with Crippen molar-refractivity contribution in [2.45, 2.75) is 43.5 Å². The molecule has 2 heterocycles. The number of hydrogen-bond donors (Lipinski definition) is 1. The lowest BCUT2D eigenvalue weighted by atomic mass is 10.0. The first kappa shape index (κ1) is 23.2. The molecule has 4 rings (SSSR count). The Kier molecular flexibility index (Phi) is 6.85. The molecule has 0 radical (unpaired) electrons. The predicted octanol–water partition coefficient (Wildman–Crippen LogP) is 3.26. The summed E-state index contributed by atoms with van der Waals surface area (Å²) in [7, 11) is -2.10. The number of likely N-dealkylation sites (tertiary alicyclic amines) is 1. The molecule has 2 aromatic rings. The molecular weight excluding hydrogens is 477 g/mol. The second-order valence-corrected chi connectivity index (χ2v) is 11.3. The number of carbonyl (C=O) groups excluding carboxylic acids is 1. The Balaban J connectivity index is 1.68. The number of esters is 1. The van der Waals surface area contributed by atoms with Crippen LogP contribution in [-0.4, -0.2) is 49.2 Å². The summed E-state index contributed by atoms with van der Waals surface area (Å²) in [4.78, 5) is 19.0. The van der Waals surface area contributed by atoms with E-state index in [-0.39, 0.29) is 22.7 Å². The number of ether oxygens (including phenoxy) is 1. The Labute approximate surface area is 195 Å².